The van der Waals surface area contributed by atoms with Gasteiger partial charge >= 0.3 is 0 Å². The van der Waals surface area contributed by atoms with Crippen molar-refractivity contribution in [1.82, 2.24) is 14.9 Å². The quantitative estimate of drug-likeness (QED) is 0.833. The second-order valence-electron chi connectivity index (χ2n) is 4.52. The summed E-state index contributed by atoms with van der Waals surface area (Å²) in [4.78, 5) is 12.6. The first-order valence-electron chi connectivity index (χ1n) is 6.58. The number of nitrogens with one attached hydrogen (secondary N) is 1. The van der Waals surface area contributed by atoms with Crippen molar-refractivity contribution in [3.05, 3.63) is 22.2 Å². The highest BCUT2D eigenvalue weighted by Crippen LogP contribution is 2.19. The molecule has 0 unspecified atom stereocenters. The predicted molar refractivity (Wildman–Crippen MR) is 72.8 cm³/mol. The van der Waals surface area contributed by atoms with Crippen LogP contribution in [-0.4, -0.2) is 22.0 Å². The maximum absolute atomic E-state index is 11.9. The van der Waals surface area contributed by atoms with Gasteiger partial charge in [-0.05, 0) is 50.1 Å². The molecule has 1 N–H and O–H groups in total. The van der Waals surface area contributed by atoms with Gasteiger partial charge in [0.1, 0.15) is 4.88 Å². The zero-order valence-corrected chi connectivity index (χ0v) is 11.6. The molecule has 0 saturated heterocycles. The maximum Gasteiger partial charge on any atom is 0.264 e. The van der Waals surface area contributed by atoms with Gasteiger partial charge < -0.3 is 5.32 Å². The molecule has 1 heterocycles. The number of carbonyl (C=O) groups is 1. The predicted octanol–water partition coefficient (Wildman–Crippen LogP) is 2.72. The molecule has 1 amide bonds. The molecule has 0 atom stereocenters. The summed E-state index contributed by atoms with van der Waals surface area (Å²) < 4.78 is 3.83. The third kappa shape index (κ3) is 3.38. The Balaban J connectivity index is 1.80. The number of rotatable bonds is 5. The van der Waals surface area contributed by atoms with Crippen molar-refractivity contribution in [1.29, 1.82) is 0 Å². The van der Waals surface area contributed by atoms with Gasteiger partial charge in [-0.2, -0.15) is 0 Å². The fourth-order valence-corrected chi connectivity index (χ4v) is 2.83. The van der Waals surface area contributed by atoms with E-state index in [9.17, 15) is 4.79 Å². The molecule has 0 aliphatic heterocycles. The molecule has 5 heteroatoms. The van der Waals surface area contributed by atoms with Crippen LogP contribution < -0.4 is 5.32 Å². The smallest absolute Gasteiger partial charge is 0.264 e. The Hall–Kier alpha value is -1.23. The van der Waals surface area contributed by atoms with Crippen LogP contribution >= 0.6 is 11.5 Å². The molecule has 0 saturated carbocycles. The van der Waals surface area contributed by atoms with Gasteiger partial charge in [-0.3, -0.25) is 4.79 Å². The molecular weight excluding hydrogens is 246 g/mol. The van der Waals surface area contributed by atoms with E-state index in [1.165, 1.54) is 42.8 Å². The summed E-state index contributed by atoms with van der Waals surface area (Å²) in [5.41, 5.74) is 2.29. The summed E-state index contributed by atoms with van der Waals surface area (Å²) in [5.74, 6) is -0.0294. The van der Waals surface area contributed by atoms with E-state index in [0.717, 1.165) is 18.5 Å². The van der Waals surface area contributed by atoms with Crippen molar-refractivity contribution < 1.29 is 4.79 Å². The lowest BCUT2D eigenvalue weighted by Gasteiger charge is -2.12. The average Bonchev–Trinajstić information content (AvgIpc) is 2.88. The van der Waals surface area contributed by atoms with Crippen molar-refractivity contribution in [3.8, 4) is 0 Å². The van der Waals surface area contributed by atoms with E-state index in [4.69, 9.17) is 0 Å². The second-order valence-corrected chi connectivity index (χ2v) is 5.27. The molecule has 1 aromatic heterocycles. The molecule has 2 rings (SSSR count). The molecular formula is C13H19N3OS. The highest BCUT2D eigenvalue weighted by Gasteiger charge is 2.14. The fraction of sp³-hybridized carbons (Fsp3) is 0.615. The Morgan fingerprint density at radius 1 is 1.50 bits per heavy atom. The lowest BCUT2D eigenvalue weighted by Crippen LogP contribution is -2.25. The monoisotopic (exact) mass is 265 g/mol. The average molecular weight is 265 g/mol. The topological polar surface area (TPSA) is 54.9 Å². The van der Waals surface area contributed by atoms with Gasteiger partial charge in [-0.25, -0.2) is 0 Å². The van der Waals surface area contributed by atoms with Crippen molar-refractivity contribution in [3.63, 3.8) is 0 Å². The summed E-state index contributed by atoms with van der Waals surface area (Å²) in [6.45, 7) is 2.70. The second kappa shape index (κ2) is 6.64. The number of aryl methyl sites for hydroxylation is 1. The zero-order valence-electron chi connectivity index (χ0n) is 10.7. The minimum Gasteiger partial charge on any atom is -0.351 e. The van der Waals surface area contributed by atoms with E-state index >= 15 is 0 Å². The number of carbonyl (C=O) groups excluding carboxylic acids is 1. The van der Waals surface area contributed by atoms with Crippen LogP contribution in [0.3, 0.4) is 0 Å². The summed E-state index contributed by atoms with van der Waals surface area (Å²) in [6.07, 6.45) is 9.03. The van der Waals surface area contributed by atoms with Crippen LogP contribution in [0.4, 0.5) is 0 Å². The lowest BCUT2D eigenvalue weighted by molar-refractivity contribution is 0.0957. The highest BCUT2D eigenvalue weighted by atomic mass is 32.1. The van der Waals surface area contributed by atoms with E-state index in [0.29, 0.717) is 11.4 Å². The Bertz CT molecular complexity index is 439. The van der Waals surface area contributed by atoms with Crippen LogP contribution in [0, 0.1) is 0 Å². The van der Waals surface area contributed by atoms with Crippen LogP contribution in [0.25, 0.3) is 0 Å². The molecule has 18 heavy (non-hydrogen) atoms. The van der Waals surface area contributed by atoms with Gasteiger partial charge in [-0.1, -0.05) is 23.1 Å². The Morgan fingerprint density at radius 2 is 2.39 bits per heavy atom. The third-order valence-corrected chi connectivity index (χ3v) is 3.98. The first-order chi connectivity index (χ1) is 8.81. The SMILES string of the molecule is CCc1nnsc1C(=O)NCCC1=CCCCC1. The van der Waals surface area contributed by atoms with Gasteiger partial charge in [0.05, 0.1) is 5.69 Å². The molecule has 0 spiro atoms. The fourth-order valence-electron chi connectivity index (χ4n) is 2.16. The van der Waals surface area contributed by atoms with E-state index in [2.05, 4.69) is 21.0 Å². The number of hydrogen-bond acceptors (Lipinski definition) is 4. The van der Waals surface area contributed by atoms with Gasteiger partial charge in [-0.15, -0.1) is 5.10 Å². The van der Waals surface area contributed by atoms with Gasteiger partial charge in [0.2, 0.25) is 0 Å². The van der Waals surface area contributed by atoms with Crippen molar-refractivity contribution in [2.45, 2.75) is 45.4 Å². The summed E-state index contributed by atoms with van der Waals surface area (Å²) in [7, 11) is 0. The minimum atomic E-state index is -0.0294. The van der Waals surface area contributed by atoms with Gasteiger partial charge in [0.15, 0.2) is 0 Å². The first-order valence-corrected chi connectivity index (χ1v) is 7.36. The minimum absolute atomic E-state index is 0.0294. The number of nitrogens with zero attached hydrogens (tertiary/aromatic N) is 2. The molecule has 1 aromatic rings. The van der Waals surface area contributed by atoms with Crippen LogP contribution in [0.1, 0.15) is 54.4 Å². The Morgan fingerprint density at radius 3 is 3.11 bits per heavy atom. The van der Waals surface area contributed by atoms with E-state index in [1.807, 2.05) is 6.92 Å². The van der Waals surface area contributed by atoms with Gasteiger partial charge in [0, 0.05) is 6.54 Å². The molecule has 0 fully saturated rings. The summed E-state index contributed by atoms with van der Waals surface area (Å²) in [5, 5.41) is 6.91. The van der Waals surface area contributed by atoms with E-state index < -0.39 is 0 Å². The molecule has 0 bridgehead atoms. The van der Waals surface area contributed by atoms with Crippen LogP contribution in [-0.2, 0) is 6.42 Å². The van der Waals surface area contributed by atoms with Crippen molar-refractivity contribution >= 4 is 17.4 Å². The Kier molecular flexibility index (Phi) is 4.87. The number of aromatic nitrogens is 2. The largest absolute Gasteiger partial charge is 0.351 e. The van der Waals surface area contributed by atoms with E-state index in [-0.39, 0.29) is 5.91 Å². The zero-order chi connectivity index (χ0) is 12.8. The van der Waals surface area contributed by atoms with Gasteiger partial charge in [0.25, 0.3) is 5.91 Å². The normalized spacial score (nSPS) is 15.3. The lowest BCUT2D eigenvalue weighted by atomic mass is 9.97. The molecule has 1 aliphatic carbocycles. The summed E-state index contributed by atoms with van der Waals surface area (Å²) in [6, 6.07) is 0. The highest BCUT2D eigenvalue weighted by molar-refractivity contribution is 7.08. The third-order valence-electron chi connectivity index (χ3n) is 3.21. The molecule has 0 radical (unpaired) electrons. The Labute approximate surface area is 112 Å². The van der Waals surface area contributed by atoms with Crippen molar-refractivity contribution in [2.24, 2.45) is 0 Å². The maximum atomic E-state index is 11.9. The first kappa shape index (κ1) is 13.2. The molecule has 4 nitrogen and oxygen atoms in total. The molecule has 1 aliphatic rings. The number of amides is 1. The number of hydrogen-bond donors (Lipinski definition) is 1. The number of allylic oxidation sites excluding steroid dienone is 1. The van der Waals surface area contributed by atoms with Crippen LogP contribution in [0.2, 0.25) is 0 Å². The molecule has 0 aromatic carbocycles. The standard InChI is InChI=1S/C13H19N3OS/c1-2-11-12(18-16-15-11)13(17)14-9-8-10-6-4-3-5-7-10/h6H,2-5,7-9H2,1H3,(H,14,17). The van der Waals surface area contributed by atoms with Crippen LogP contribution in [0.15, 0.2) is 11.6 Å². The van der Waals surface area contributed by atoms with Crippen LogP contribution in [0.5, 0.6) is 0 Å². The van der Waals surface area contributed by atoms with Crippen molar-refractivity contribution in [2.75, 3.05) is 6.54 Å². The van der Waals surface area contributed by atoms with E-state index in [1.54, 1.807) is 0 Å². The summed E-state index contributed by atoms with van der Waals surface area (Å²) >= 11 is 1.18. The molecule has 98 valence electrons.